The summed E-state index contributed by atoms with van der Waals surface area (Å²) < 4.78 is 0. The molecule has 3 fully saturated rings. The molecule has 0 spiro atoms. The van der Waals surface area contributed by atoms with E-state index in [1.165, 1.54) is 25.7 Å². The lowest BCUT2D eigenvalue weighted by atomic mass is 9.70. The van der Waals surface area contributed by atoms with Gasteiger partial charge in [0.2, 0.25) is 0 Å². The molecule has 0 radical (unpaired) electrons. The monoisotopic (exact) mass is 356 g/mol. The second-order valence-corrected chi connectivity index (χ2v) is 9.84. The SMILES string of the molecule is CC1(C)C2CCC1(C)C(O)C2.CC1CCC(C(C)C)C(O)C1.CCO. The fourth-order valence-corrected chi connectivity index (χ4v) is 5.31. The van der Waals surface area contributed by atoms with Gasteiger partial charge in [0.05, 0.1) is 12.2 Å². The first kappa shape index (κ1) is 22.9. The standard InChI is InChI=1S/C10H18O.C10H20O.C2H6O/c1-9(2)7-4-5-10(9,3)8(11)6-7;1-7(2)9-5-4-8(3)6-10(9)11;1-2-3/h7-8,11H,4-6H2,1-3H3;7-11H,4-6H2,1-3H3;3H,2H2,1H3. The van der Waals surface area contributed by atoms with E-state index in [9.17, 15) is 10.2 Å². The third-order valence-corrected chi connectivity index (χ3v) is 7.74. The molecule has 3 rings (SSSR count). The summed E-state index contributed by atoms with van der Waals surface area (Å²) in [5.41, 5.74) is 0.601. The predicted octanol–water partition coefficient (Wildman–Crippen LogP) is 4.63. The van der Waals surface area contributed by atoms with Crippen molar-refractivity contribution in [1.82, 2.24) is 0 Å². The molecule has 0 aromatic carbocycles. The van der Waals surface area contributed by atoms with Crippen LogP contribution in [0.2, 0.25) is 0 Å². The topological polar surface area (TPSA) is 60.7 Å². The first-order chi connectivity index (χ1) is 11.5. The van der Waals surface area contributed by atoms with Crippen molar-refractivity contribution in [2.24, 2.45) is 34.5 Å². The number of fused-ring (bicyclic) bond motifs is 2. The highest BCUT2D eigenvalue weighted by Crippen LogP contribution is 2.65. The molecule has 0 aliphatic heterocycles. The van der Waals surface area contributed by atoms with Gasteiger partial charge in [0.25, 0.3) is 0 Å². The molecule has 3 nitrogen and oxygen atoms in total. The lowest BCUT2D eigenvalue weighted by Gasteiger charge is -2.36. The van der Waals surface area contributed by atoms with Crippen molar-refractivity contribution in [2.45, 2.75) is 99.2 Å². The zero-order valence-electron chi connectivity index (χ0n) is 17.8. The van der Waals surface area contributed by atoms with Gasteiger partial charge in [0.1, 0.15) is 0 Å². The molecule has 3 aliphatic carbocycles. The molecule has 3 N–H and O–H groups in total. The van der Waals surface area contributed by atoms with Crippen LogP contribution in [0.3, 0.4) is 0 Å². The maximum Gasteiger partial charge on any atom is 0.0601 e. The minimum atomic E-state index is -0.0313. The first-order valence-corrected chi connectivity index (χ1v) is 10.5. The van der Waals surface area contributed by atoms with Crippen LogP contribution in [-0.2, 0) is 0 Å². The highest BCUT2D eigenvalue weighted by molar-refractivity contribution is 5.10. The number of rotatable bonds is 1. The Hall–Kier alpha value is -0.120. The summed E-state index contributed by atoms with van der Waals surface area (Å²) in [5, 5.41) is 27.1. The number of aliphatic hydroxyl groups excluding tert-OH is 3. The fourth-order valence-electron chi connectivity index (χ4n) is 5.31. The van der Waals surface area contributed by atoms with Crippen molar-refractivity contribution in [3.8, 4) is 0 Å². The molecule has 150 valence electrons. The van der Waals surface area contributed by atoms with E-state index >= 15 is 0 Å². The van der Waals surface area contributed by atoms with Crippen molar-refractivity contribution < 1.29 is 15.3 Å². The summed E-state index contributed by atoms with van der Waals surface area (Å²) >= 11 is 0. The van der Waals surface area contributed by atoms with E-state index in [-0.39, 0.29) is 24.2 Å². The molecule has 0 aromatic rings. The van der Waals surface area contributed by atoms with Gasteiger partial charge in [0, 0.05) is 6.61 Å². The molecule has 3 aliphatic rings. The van der Waals surface area contributed by atoms with Crippen molar-refractivity contribution >= 4 is 0 Å². The van der Waals surface area contributed by atoms with Crippen LogP contribution in [0.5, 0.6) is 0 Å². The molecule has 0 heterocycles. The normalized spacial score (nSPS) is 41.6. The van der Waals surface area contributed by atoms with E-state index in [1.807, 2.05) is 0 Å². The van der Waals surface area contributed by atoms with E-state index in [1.54, 1.807) is 6.92 Å². The fraction of sp³-hybridized carbons (Fsp3) is 1.00. The number of hydrogen-bond donors (Lipinski definition) is 3. The molecular formula is C22H44O3. The third-order valence-electron chi connectivity index (χ3n) is 7.74. The van der Waals surface area contributed by atoms with Crippen LogP contribution < -0.4 is 0 Å². The summed E-state index contributed by atoms with van der Waals surface area (Å²) in [5.74, 6) is 2.73. The zero-order valence-corrected chi connectivity index (χ0v) is 17.8. The van der Waals surface area contributed by atoms with Crippen LogP contribution in [0.1, 0.15) is 87.0 Å². The molecule has 6 unspecified atom stereocenters. The largest absolute Gasteiger partial charge is 0.397 e. The smallest absolute Gasteiger partial charge is 0.0601 e. The number of aliphatic hydroxyl groups is 3. The second kappa shape index (κ2) is 9.19. The highest BCUT2D eigenvalue weighted by atomic mass is 16.3. The Morgan fingerprint density at radius 3 is 1.84 bits per heavy atom. The summed E-state index contributed by atoms with van der Waals surface area (Å²) in [7, 11) is 0. The molecule has 2 bridgehead atoms. The van der Waals surface area contributed by atoms with E-state index in [2.05, 4.69) is 41.5 Å². The zero-order chi connectivity index (χ0) is 19.4. The third kappa shape index (κ3) is 4.99. The predicted molar refractivity (Wildman–Crippen MR) is 105 cm³/mol. The average Bonchev–Trinajstić information content (AvgIpc) is 2.81. The summed E-state index contributed by atoms with van der Waals surface area (Å²) in [6.07, 6.45) is 7.09. The lowest BCUT2D eigenvalue weighted by Crippen LogP contribution is -2.35. The van der Waals surface area contributed by atoms with Crippen molar-refractivity contribution in [3.05, 3.63) is 0 Å². The second-order valence-electron chi connectivity index (χ2n) is 9.84. The van der Waals surface area contributed by atoms with Gasteiger partial charge in [-0.3, -0.25) is 0 Å². The minimum absolute atomic E-state index is 0.0289. The highest BCUT2D eigenvalue weighted by Gasteiger charge is 2.60. The minimum Gasteiger partial charge on any atom is -0.397 e. The van der Waals surface area contributed by atoms with Crippen LogP contribution in [0.15, 0.2) is 0 Å². The maximum absolute atomic E-state index is 9.81. The van der Waals surface area contributed by atoms with E-state index in [0.717, 1.165) is 24.7 Å². The van der Waals surface area contributed by atoms with Crippen LogP contribution in [0, 0.1) is 34.5 Å². The van der Waals surface area contributed by atoms with Gasteiger partial charge >= 0.3 is 0 Å². The van der Waals surface area contributed by atoms with Gasteiger partial charge < -0.3 is 15.3 Å². The lowest BCUT2D eigenvalue weighted by molar-refractivity contribution is 0.0126. The Labute approximate surface area is 156 Å². The Kier molecular flexibility index (Phi) is 8.43. The summed E-state index contributed by atoms with van der Waals surface area (Å²) in [6, 6.07) is 0. The van der Waals surface area contributed by atoms with E-state index in [0.29, 0.717) is 17.3 Å². The van der Waals surface area contributed by atoms with Crippen LogP contribution in [0.4, 0.5) is 0 Å². The Bertz CT molecular complexity index is 393. The molecule has 0 aromatic heterocycles. The van der Waals surface area contributed by atoms with E-state index in [4.69, 9.17) is 5.11 Å². The van der Waals surface area contributed by atoms with Gasteiger partial charge in [-0.1, -0.05) is 48.0 Å². The summed E-state index contributed by atoms with van der Waals surface area (Å²) in [6.45, 7) is 15.5. The molecule has 6 atom stereocenters. The van der Waals surface area contributed by atoms with E-state index < -0.39 is 0 Å². The van der Waals surface area contributed by atoms with Crippen LogP contribution in [0.25, 0.3) is 0 Å². The summed E-state index contributed by atoms with van der Waals surface area (Å²) in [4.78, 5) is 0. The van der Waals surface area contributed by atoms with Crippen LogP contribution >= 0.6 is 0 Å². The molecule has 0 saturated heterocycles. The Balaban J connectivity index is 0.000000217. The van der Waals surface area contributed by atoms with Crippen LogP contribution in [-0.4, -0.2) is 34.1 Å². The molecule has 3 saturated carbocycles. The Morgan fingerprint density at radius 2 is 1.56 bits per heavy atom. The Morgan fingerprint density at radius 1 is 1.00 bits per heavy atom. The van der Waals surface area contributed by atoms with Gasteiger partial charge in [-0.2, -0.15) is 0 Å². The van der Waals surface area contributed by atoms with Gasteiger partial charge in [0.15, 0.2) is 0 Å². The molecule has 0 amide bonds. The van der Waals surface area contributed by atoms with Crippen molar-refractivity contribution in [3.63, 3.8) is 0 Å². The first-order valence-electron chi connectivity index (χ1n) is 10.5. The number of hydrogen-bond acceptors (Lipinski definition) is 3. The van der Waals surface area contributed by atoms with Gasteiger partial charge in [-0.05, 0) is 73.5 Å². The molecular weight excluding hydrogens is 312 g/mol. The van der Waals surface area contributed by atoms with Gasteiger partial charge in [-0.25, -0.2) is 0 Å². The van der Waals surface area contributed by atoms with Gasteiger partial charge in [-0.15, -0.1) is 0 Å². The quantitative estimate of drug-likeness (QED) is 0.642. The molecule has 25 heavy (non-hydrogen) atoms. The van der Waals surface area contributed by atoms with Crippen molar-refractivity contribution in [2.75, 3.05) is 6.61 Å². The average molecular weight is 357 g/mol. The maximum atomic E-state index is 9.81. The van der Waals surface area contributed by atoms with Crippen molar-refractivity contribution in [1.29, 1.82) is 0 Å². The molecule has 3 heteroatoms.